The van der Waals surface area contributed by atoms with Crippen molar-refractivity contribution in [3.05, 3.63) is 12.3 Å². The van der Waals surface area contributed by atoms with E-state index in [1.54, 1.807) is 0 Å². The van der Waals surface area contributed by atoms with Crippen LogP contribution < -0.4 is 10.6 Å². The van der Waals surface area contributed by atoms with Crippen molar-refractivity contribution >= 4 is 12.5 Å². The van der Waals surface area contributed by atoms with E-state index in [1.165, 1.54) is 6.21 Å². The monoisotopic (exact) mass is 197 g/mol. The molecule has 0 saturated heterocycles. The largest absolute Gasteiger partial charge is 0.389 e. The van der Waals surface area contributed by atoms with Gasteiger partial charge in [0.05, 0.1) is 6.21 Å². The lowest BCUT2D eigenvalue weighted by Gasteiger charge is -2.07. The molecule has 0 bridgehead atoms. The van der Waals surface area contributed by atoms with Gasteiger partial charge in [0.25, 0.3) is 0 Å². The Morgan fingerprint density at radius 1 is 1.50 bits per heavy atom. The van der Waals surface area contributed by atoms with Crippen LogP contribution in [0.3, 0.4) is 0 Å². The second kappa shape index (κ2) is 9.92. The minimum Gasteiger partial charge on any atom is -0.389 e. The summed E-state index contributed by atoms with van der Waals surface area (Å²) in [5.41, 5.74) is 0.976. The molecule has 4 heteroatoms. The third-order valence-corrected chi connectivity index (χ3v) is 1.69. The first-order chi connectivity index (χ1) is 6.81. The van der Waals surface area contributed by atoms with Crippen LogP contribution in [0.5, 0.6) is 0 Å². The molecule has 4 nitrogen and oxygen atoms in total. The van der Waals surface area contributed by atoms with Crippen molar-refractivity contribution in [2.75, 3.05) is 26.7 Å². The fraction of sp³-hybridized carbons (Fsp3) is 0.600. The van der Waals surface area contributed by atoms with Crippen LogP contribution in [0.15, 0.2) is 17.3 Å². The van der Waals surface area contributed by atoms with E-state index in [9.17, 15) is 4.79 Å². The molecule has 2 N–H and O–H groups in total. The zero-order valence-electron chi connectivity index (χ0n) is 8.75. The van der Waals surface area contributed by atoms with E-state index in [-0.39, 0.29) is 0 Å². The average molecular weight is 197 g/mol. The molecule has 0 aliphatic heterocycles. The van der Waals surface area contributed by atoms with Gasteiger partial charge in [0.15, 0.2) is 6.29 Å². The van der Waals surface area contributed by atoms with Crippen molar-refractivity contribution in [3.8, 4) is 0 Å². The maximum atomic E-state index is 9.90. The molecule has 0 aromatic carbocycles. The Labute approximate surface area is 85.5 Å². The third kappa shape index (κ3) is 8.93. The lowest BCUT2D eigenvalue weighted by atomic mass is 10.3. The van der Waals surface area contributed by atoms with E-state index in [1.807, 2.05) is 7.05 Å². The Hall–Kier alpha value is -1.16. The lowest BCUT2D eigenvalue weighted by Crippen LogP contribution is -2.19. The molecular formula is C10H19N3O. The highest BCUT2D eigenvalue weighted by atomic mass is 16.1. The minimum absolute atomic E-state index is 0.622. The number of nitrogens with zero attached hydrogens (tertiary/aromatic N) is 1. The van der Waals surface area contributed by atoms with Crippen molar-refractivity contribution in [2.24, 2.45) is 4.99 Å². The first kappa shape index (κ1) is 12.8. The van der Waals surface area contributed by atoms with Crippen molar-refractivity contribution in [1.82, 2.24) is 10.6 Å². The van der Waals surface area contributed by atoms with E-state index in [2.05, 4.69) is 22.2 Å². The zero-order chi connectivity index (χ0) is 10.6. The van der Waals surface area contributed by atoms with E-state index >= 15 is 0 Å². The maximum Gasteiger partial charge on any atom is 0.160 e. The second-order valence-electron chi connectivity index (χ2n) is 2.93. The molecule has 0 rings (SSSR count). The molecule has 0 aromatic heterocycles. The highest BCUT2D eigenvalue weighted by molar-refractivity contribution is 6.12. The number of hydrogen-bond acceptors (Lipinski definition) is 4. The van der Waals surface area contributed by atoms with Crippen molar-refractivity contribution in [2.45, 2.75) is 12.8 Å². The SMILES string of the molecule is C=C(CCN=CC=O)NCCCNC. The number of carbonyl (C=O) groups is 1. The summed E-state index contributed by atoms with van der Waals surface area (Å²) in [6.45, 7) is 6.41. The minimum atomic E-state index is 0.622. The predicted octanol–water partition coefficient (Wildman–Crippen LogP) is 0.359. The zero-order valence-corrected chi connectivity index (χ0v) is 8.75. The second-order valence-corrected chi connectivity index (χ2v) is 2.93. The van der Waals surface area contributed by atoms with Gasteiger partial charge in [-0.05, 0) is 20.0 Å². The van der Waals surface area contributed by atoms with Gasteiger partial charge in [0, 0.05) is 25.2 Å². The summed E-state index contributed by atoms with van der Waals surface area (Å²) in [6.07, 6.45) is 3.81. The van der Waals surface area contributed by atoms with Crippen LogP contribution in [0.4, 0.5) is 0 Å². The summed E-state index contributed by atoms with van der Waals surface area (Å²) >= 11 is 0. The van der Waals surface area contributed by atoms with Gasteiger partial charge in [-0.25, -0.2) is 0 Å². The predicted molar refractivity (Wildman–Crippen MR) is 59.7 cm³/mol. The van der Waals surface area contributed by atoms with E-state index in [0.29, 0.717) is 12.8 Å². The van der Waals surface area contributed by atoms with Crippen LogP contribution in [0, 0.1) is 0 Å². The first-order valence-electron chi connectivity index (χ1n) is 4.81. The topological polar surface area (TPSA) is 53.5 Å². The number of rotatable bonds is 9. The third-order valence-electron chi connectivity index (χ3n) is 1.69. The highest BCUT2D eigenvalue weighted by Crippen LogP contribution is 1.92. The summed E-state index contributed by atoms with van der Waals surface area (Å²) in [4.78, 5) is 13.8. The lowest BCUT2D eigenvalue weighted by molar-refractivity contribution is -0.102. The van der Waals surface area contributed by atoms with Gasteiger partial charge in [-0.2, -0.15) is 0 Å². The van der Waals surface area contributed by atoms with Crippen LogP contribution >= 0.6 is 0 Å². The molecule has 0 saturated carbocycles. The van der Waals surface area contributed by atoms with Crippen molar-refractivity contribution in [1.29, 1.82) is 0 Å². The van der Waals surface area contributed by atoms with E-state index in [0.717, 1.165) is 31.6 Å². The number of aliphatic imine (C=N–C) groups is 1. The van der Waals surface area contributed by atoms with Crippen molar-refractivity contribution in [3.63, 3.8) is 0 Å². The molecule has 80 valence electrons. The molecule has 0 amide bonds. The average Bonchev–Trinajstić information content (AvgIpc) is 2.19. The highest BCUT2D eigenvalue weighted by Gasteiger charge is 1.91. The fourth-order valence-electron chi connectivity index (χ4n) is 0.936. The number of carbonyl (C=O) groups excluding carboxylic acids is 1. The summed E-state index contributed by atoms with van der Waals surface area (Å²) < 4.78 is 0. The van der Waals surface area contributed by atoms with Crippen LogP contribution in [-0.4, -0.2) is 39.2 Å². The smallest absolute Gasteiger partial charge is 0.160 e. The van der Waals surface area contributed by atoms with Crippen LogP contribution in [-0.2, 0) is 4.79 Å². The standard InChI is InChI=1S/C10H19N3O/c1-10(4-7-12-8-9-14)13-6-3-5-11-2/h8-9,11,13H,1,3-7H2,2H3. The summed E-state index contributed by atoms with van der Waals surface area (Å²) in [7, 11) is 1.93. The molecule has 0 heterocycles. The van der Waals surface area contributed by atoms with E-state index in [4.69, 9.17) is 0 Å². The Kier molecular flexibility index (Phi) is 9.10. The van der Waals surface area contributed by atoms with Crippen LogP contribution in [0.1, 0.15) is 12.8 Å². The molecule has 0 atom stereocenters. The molecule has 0 aliphatic rings. The molecule has 0 radical (unpaired) electrons. The van der Waals surface area contributed by atoms with Gasteiger partial charge in [-0.3, -0.25) is 9.79 Å². The van der Waals surface area contributed by atoms with Gasteiger partial charge in [0.2, 0.25) is 0 Å². The molecule has 14 heavy (non-hydrogen) atoms. The van der Waals surface area contributed by atoms with Gasteiger partial charge >= 0.3 is 0 Å². The molecule has 0 aromatic rings. The van der Waals surface area contributed by atoms with Crippen molar-refractivity contribution < 1.29 is 4.79 Å². The van der Waals surface area contributed by atoms with Gasteiger partial charge < -0.3 is 10.6 Å². The maximum absolute atomic E-state index is 9.90. The Morgan fingerprint density at radius 3 is 2.93 bits per heavy atom. The number of hydrogen-bond donors (Lipinski definition) is 2. The van der Waals surface area contributed by atoms with E-state index < -0.39 is 0 Å². The first-order valence-corrected chi connectivity index (χ1v) is 4.81. The van der Waals surface area contributed by atoms with Gasteiger partial charge in [0.1, 0.15) is 0 Å². The quantitative estimate of drug-likeness (QED) is 0.319. The molecule has 0 unspecified atom stereocenters. The fourth-order valence-corrected chi connectivity index (χ4v) is 0.936. The summed E-state index contributed by atoms with van der Waals surface area (Å²) in [5, 5.41) is 6.27. The molecular weight excluding hydrogens is 178 g/mol. The Bertz CT molecular complexity index is 190. The van der Waals surface area contributed by atoms with Crippen LogP contribution in [0.2, 0.25) is 0 Å². The van der Waals surface area contributed by atoms with Gasteiger partial charge in [-0.1, -0.05) is 6.58 Å². The molecule has 0 aliphatic carbocycles. The molecule has 0 spiro atoms. The number of aldehydes is 1. The Morgan fingerprint density at radius 2 is 2.29 bits per heavy atom. The van der Waals surface area contributed by atoms with Gasteiger partial charge in [-0.15, -0.1) is 0 Å². The summed E-state index contributed by atoms with van der Waals surface area (Å²) in [5.74, 6) is 0. The molecule has 0 fully saturated rings. The normalized spacial score (nSPS) is 10.4. The van der Waals surface area contributed by atoms with Crippen LogP contribution in [0.25, 0.3) is 0 Å². The Balaban J connectivity index is 3.28. The number of nitrogens with one attached hydrogen (secondary N) is 2. The summed E-state index contributed by atoms with van der Waals surface area (Å²) in [6, 6.07) is 0.